The second kappa shape index (κ2) is 11.1. The van der Waals surface area contributed by atoms with Crippen molar-refractivity contribution in [2.75, 3.05) is 11.9 Å². The van der Waals surface area contributed by atoms with E-state index in [-0.39, 0.29) is 29.3 Å². The standard InChI is InChI=1S/C33H43N5O3Si/c1-31(2)12-10-23(11-13-31)28-27(9-8-26(36-28)24-18-32(3)14-15-33(4,19-24)41-32)37-30(39)29-35-25(20-34)21-38(29)22-40-16-17-42(5,6)7/h8-10,14-15,18,21H,11-13,16-17,19,22H2,1-7H3,(H,37,39)/t32-,33+/m1/s1. The van der Waals surface area contributed by atoms with Crippen LogP contribution in [0.2, 0.25) is 25.7 Å². The first-order chi connectivity index (χ1) is 19.7. The Hall–Kier alpha value is -3.32. The molecule has 2 aromatic rings. The lowest BCUT2D eigenvalue weighted by Crippen LogP contribution is -2.35. The molecule has 5 rings (SSSR count). The van der Waals surface area contributed by atoms with Crippen LogP contribution in [0.1, 0.15) is 81.1 Å². The number of anilines is 1. The molecule has 2 aromatic heterocycles. The van der Waals surface area contributed by atoms with Crippen molar-refractivity contribution in [3.8, 4) is 6.07 Å². The van der Waals surface area contributed by atoms with Gasteiger partial charge < -0.3 is 19.4 Å². The zero-order valence-corrected chi connectivity index (χ0v) is 27.0. The summed E-state index contributed by atoms with van der Waals surface area (Å²) in [5.41, 5.74) is 4.18. The van der Waals surface area contributed by atoms with E-state index in [9.17, 15) is 10.1 Å². The molecule has 2 bridgehead atoms. The average molecular weight is 586 g/mol. The summed E-state index contributed by atoms with van der Waals surface area (Å²) in [7, 11) is -1.25. The highest BCUT2D eigenvalue weighted by atomic mass is 28.3. The van der Waals surface area contributed by atoms with Crippen LogP contribution in [0, 0.1) is 16.7 Å². The van der Waals surface area contributed by atoms with E-state index in [1.165, 1.54) is 0 Å². The number of fused-ring (bicyclic) bond motifs is 2. The van der Waals surface area contributed by atoms with Crippen LogP contribution in [0.3, 0.4) is 0 Å². The van der Waals surface area contributed by atoms with Gasteiger partial charge in [-0.05, 0) is 73.9 Å². The van der Waals surface area contributed by atoms with Crippen molar-refractivity contribution in [2.24, 2.45) is 5.41 Å². The first-order valence-corrected chi connectivity index (χ1v) is 18.6. The first-order valence-electron chi connectivity index (χ1n) is 14.9. The molecule has 1 aliphatic carbocycles. The smallest absolute Gasteiger partial charge is 0.291 e. The molecule has 2 atom stereocenters. The van der Waals surface area contributed by atoms with Crippen LogP contribution in [-0.4, -0.2) is 46.3 Å². The Morgan fingerprint density at radius 3 is 2.62 bits per heavy atom. The predicted molar refractivity (Wildman–Crippen MR) is 168 cm³/mol. The minimum Gasteiger partial charge on any atom is -0.361 e. The zero-order chi connectivity index (χ0) is 30.3. The maximum atomic E-state index is 13.6. The number of aromatic nitrogens is 3. The maximum absolute atomic E-state index is 13.6. The van der Waals surface area contributed by atoms with E-state index in [0.717, 1.165) is 54.3 Å². The Kier molecular flexibility index (Phi) is 7.94. The molecule has 0 saturated carbocycles. The van der Waals surface area contributed by atoms with Crippen molar-refractivity contribution in [3.63, 3.8) is 0 Å². The Morgan fingerprint density at radius 1 is 1.17 bits per heavy atom. The lowest BCUT2D eigenvalue weighted by molar-refractivity contribution is -0.0473. The van der Waals surface area contributed by atoms with Crippen LogP contribution in [0.4, 0.5) is 5.69 Å². The van der Waals surface area contributed by atoms with Gasteiger partial charge in [0.25, 0.3) is 5.91 Å². The minimum atomic E-state index is -1.25. The van der Waals surface area contributed by atoms with E-state index in [1.54, 1.807) is 10.8 Å². The largest absolute Gasteiger partial charge is 0.361 e. The lowest BCUT2D eigenvalue weighted by Gasteiger charge is -2.35. The van der Waals surface area contributed by atoms with E-state index < -0.39 is 19.6 Å². The first kappa shape index (κ1) is 30.1. The van der Waals surface area contributed by atoms with Gasteiger partial charge in [-0.1, -0.05) is 51.7 Å². The Labute approximate surface area is 250 Å². The third-order valence-electron chi connectivity index (χ3n) is 8.29. The molecule has 9 heteroatoms. The summed E-state index contributed by atoms with van der Waals surface area (Å²) in [6.07, 6.45) is 13.8. The van der Waals surface area contributed by atoms with Crippen molar-refractivity contribution in [1.29, 1.82) is 5.26 Å². The summed E-state index contributed by atoms with van der Waals surface area (Å²) in [5.74, 6) is -0.255. The molecule has 0 fully saturated rings. The summed E-state index contributed by atoms with van der Waals surface area (Å²) >= 11 is 0. The Balaban J connectivity index is 1.44. The quantitative estimate of drug-likeness (QED) is 0.190. The monoisotopic (exact) mass is 585 g/mol. The summed E-state index contributed by atoms with van der Waals surface area (Å²) in [5, 5.41) is 12.6. The normalized spacial score (nSPS) is 24.6. The molecule has 0 radical (unpaired) electrons. The second-order valence-electron chi connectivity index (χ2n) is 14.3. The van der Waals surface area contributed by atoms with E-state index in [1.807, 2.05) is 12.1 Å². The molecule has 1 amide bonds. The van der Waals surface area contributed by atoms with E-state index in [4.69, 9.17) is 14.5 Å². The predicted octanol–water partition coefficient (Wildman–Crippen LogP) is 7.20. The zero-order valence-electron chi connectivity index (χ0n) is 26.0. The van der Waals surface area contributed by atoms with Gasteiger partial charge in [0.1, 0.15) is 18.4 Å². The number of hydrogen-bond acceptors (Lipinski definition) is 6. The number of imidazole rings is 1. The lowest BCUT2D eigenvalue weighted by atomic mass is 9.77. The number of nitrogens with one attached hydrogen (secondary N) is 1. The van der Waals surface area contributed by atoms with Gasteiger partial charge in [-0.15, -0.1) is 0 Å². The van der Waals surface area contributed by atoms with Crippen molar-refractivity contribution in [2.45, 2.75) is 97.0 Å². The number of carbonyl (C=O) groups excluding carboxylic acids is 1. The van der Waals surface area contributed by atoms with E-state index in [0.29, 0.717) is 12.3 Å². The fourth-order valence-corrected chi connectivity index (χ4v) is 6.53. The van der Waals surface area contributed by atoms with Crippen LogP contribution in [0.25, 0.3) is 11.1 Å². The molecule has 2 aliphatic heterocycles. The molecule has 4 heterocycles. The summed E-state index contributed by atoms with van der Waals surface area (Å²) in [6.45, 7) is 16.4. The minimum absolute atomic E-state index is 0.143. The molecule has 0 aromatic carbocycles. The number of nitriles is 1. The molecule has 42 heavy (non-hydrogen) atoms. The topological polar surface area (TPSA) is 102 Å². The third-order valence-corrected chi connectivity index (χ3v) is 10.00. The van der Waals surface area contributed by atoms with E-state index >= 15 is 0 Å². The van der Waals surface area contributed by atoms with Gasteiger partial charge in [0, 0.05) is 27.3 Å². The number of carbonyl (C=O) groups is 1. The Morgan fingerprint density at radius 2 is 1.95 bits per heavy atom. The highest BCUT2D eigenvalue weighted by Gasteiger charge is 2.42. The highest BCUT2D eigenvalue weighted by Crippen LogP contribution is 2.45. The molecular weight excluding hydrogens is 542 g/mol. The van der Waals surface area contributed by atoms with E-state index in [2.05, 4.69) is 88.0 Å². The van der Waals surface area contributed by atoms with Gasteiger partial charge in [-0.2, -0.15) is 5.26 Å². The van der Waals surface area contributed by atoms with Gasteiger partial charge in [0.2, 0.25) is 5.82 Å². The second-order valence-corrected chi connectivity index (χ2v) is 19.9. The van der Waals surface area contributed by atoms with Crippen molar-refractivity contribution >= 4 is 30.8 Å². The molecule has 0 saturated heterocycles. The fraction of sp³-hybridized carbons (Fsp3) is 0.515. The van der Waals surface area contributed by atoms with Crippen molar-refractivity contribution in [3.05, 3.63) is 65.5 Å². The molecule has 222 valence electrons. The van der Waals surface area contributed by atoms with Crippen LogP contribution >= 0.6 is 0 Å². The van der Waals surface area contributed by atoms with Crippen molar-refractivity contribution < 1.29 is 14.3 Å². The number of pyridine rings is 1. The SMILES string of the molecule is CC1(C)CC=C(c2nc(C3=C[C@@]4(C)C=C[C@@](C)(C3)O4)ccc2NC(=O)c2nc(C#N)cn2COCC[Si](C)(C)C)CC1. The van der Waals surface area contributed by atoms with Crippen LogP contribution < -0.4 is 5.32 Å². The summed E-state index contributed by atoms with van der Waals surface area (Å²) in [4.78, 5) is 23.1. The third kappa shape index (κ3) is 6.83. The van der Waals surface area contributed by atoms with Gasteiger partial charge in [-0.25, -0.2) is 9.97 Å². The molecule has 3 aliphatic rings. The number of allylic oxidation sites excluding steroid dienone is 2. The Bertz CT molecular complexity index is 1520. The fourth-order valence-electron chi connectivity index (χ4n) is 5.77. The molecule has 8 nitrogen and oxygen atoms in total. The maximum Gasteiger partial charge on any atom is 0.291 e. The number of ether oxygens (including phenoxy) is 2. The number of nitrogens with zero attached hydrogens (tertiary/aromatic N) is 4. The van der Waals surface area contributed by atoms with Crippen LogP contribution in [-0.2, 0) is 16.2 Å². The van der Waals surface area contributed by atoms with Crippen LogP contribution in [0.15, 0.2) is 42.6 Å². The van der Waals surface area contributed by atoms with Gasteiger partial charge in [0.05, 0.1) is 22.7 Å². The molecule has 0 spiro atoms. The average Bonchev–Trinajstić information content (AvgIpc) is 3.42. The molecule has 0 unspecified atom stereocenters. The van der Waals surface area contributed by atoms with Crippen LogP contribution in [0.5, 0.6) is 0 Å². The van der Waals surface area contributed by atoms with Gasteiger partial charge >= 0.3 is 0 Å². The van der Waals surface area contributed by atoms with Gasteiger partial charge in [0.15, 0.2) is 5.69 Å². The number of rotatable bonds is 9. The summed E-state index contributed by atoms with van der Waals surface area (Å²) < 4.78 is 13.8. The van der Waals surface area contributed by atoms with Gasteiger partial charge in [-0.3, -0.25) is 4.79 Å². The highest BCUT2D eigenvalue weighted by molar-refractivity contribution is 6.76. The van der Waals surface area contributed by atoms with Crippen molar-refractivity contribution in [1.82, 2.24) is 14.5 Å². The molecule has 1 N–H and O–H groups in total. The number of hydrogen-bond donors (Lipinski definition) is 1. The number of amides is 1. The summed E-state index contributed by atoms with van der Waals surface area (Å²) in [6, 6.07) is 6.98. The molecular formula is C33H43N5O3Si.